The summed E-state index contributed by atoms with van der Waals surface area (Å²) in [5.41, 5.74) is 0.951. The molecule has 2 rings (SSSR count). The molecular formula is C15H14F3NO2. The molecule has 21 heavy (non-hydrogen) atoms. The van der Waals surface area contributed by atoms with E-state index in [1.54, 1.807) is 18.2 Å². The molecule has 2 aromatic rings. The van der Waals surface area contributed by atoms with Gasteiger partial charge in [0.1, 0.15) is 11.6 Å². The summed E-state index contributed by atoms with van der Waals surface area (Å²) in [6.07, 6.45) is 0. The average Bonchev–Trinajstić information content (AvgIpc) is 2.47. The van der Waals surface area contributed by atoms with Gasteiger partial charge in [-0.15, -0.1) is 0 Å². The van der Waals surface area contributed by atoms with Crippen molar-refractivity contribution in [3.8, 4) is 5.75 Å². The quantitative estimate of drug-likeness (QED) is 0.856. The number of hydrogen-bond acceptors (Lipinski definition) is 3. The Kier molecular flexibility index (Phi) is 5.05. The van der Waals surface area contributed by atoms with Gasteiger partial charge in [0.25, 0.3) is 0 Å². The number of nitrogens with one attached hydrogen (secondary N) is 1. The number of para-hydroxylation sites is 1. The monoisotopic (exact) mass is 297 g/mol. The lowest BCUT2D eigenvalue weighted by atomic mass is 10.1. The number of aliphatic hydroxyl groups excluding tert-OH is 1. The van der Waals surface area contributed by atoms with Crippen LogP contribution in [-0.4, -0.2) is 18.3 Å². The van der Waals surface area contributed by atoms with E-state index in [0.29, 0.717) is 11.3 Å². The van der Waals surface area contributed by atoms with E-state index in [0.717, 1.165) is 0 Å². The van der Waals surface area contributed by atoms with Gasteiger partial charge < -0.3 is 15.2 Å². The Morgan fingerprint density at radius 2 is 1.71 bits per heavy atom. The summed E-state index contributed by atoms with van der Waals surface area (Å²) < 4.78 is 42.1. The Morgan fingerprint density at radius 1 is 1.05 bits per heavy atom. The van der Waals surface area contributed by atoms with E-state index in [1.807, 2.05) is 0 Å². The third kappa shape index (κ3) is 4.13. The molecule has 0 bridgehead atoms. The van der Waals surface area contributed by atoms with Crippen LogP contribution in [0.5, 0.6) is 5.75 Å². The first kappa shape index (κ1) is 15.2. The van der Waals surface area contributed by atoms with Gasteiger partial charge in [0.15, 0.2) is 0 Å². The van der Waals surface area contributed by atoms with E-state index in [1.165, 1.54) is 30.3 Å². The Balaban J connectivity index is 2.22. The molecule has 0 spiro atoms. The average molecular weight is 297 g/mol. The Bertz CT molecular complexity index is 575. The molecule has 0 aliphatic rings. The topological polar surface area (TPSA) is 41.5 Å². The molecule has 1 atom stereocenters. The van der Waals surface area contributed by atoms with Crippen molar-refractivity contribution < 1.29 is 23.0 Å². The van der Waals surface area contributed by atoms with Crippen molar-refractivity contribution in [1.29, 1.82) is 0 Å². The third-order valence-corrected chi connectivity index (χ3v) is 2.88. The van der Waals surface area contributed by atoms with Gasteiger partial charge in [-0.1, -0.05) is 18.2 Å². The highest BCUT2D eigenvalue weighted by molar-refractivity contribution is 5.48. The molecule has 0 amide bonds. The number of alkyl halides is 2. The molecule has 2 aromatic carbocycles. The summed E-state index contributed by atoms with van der Waals surface area (Å²) in [6, 6.07) is 11.1. The predicted molar refractivity (Wildman–Crippen MR) is 72.9 cm³/mol. The van der Waals surface area contributed by atoms with E-state index in [9.17, 15) is 18.3 Å². The van der Waals surface area contributed by atoms with Crippen LogP contribution in [0.1, 0.15) is 11.6 Å². The SMILES string of the molecule is OCC(Nc1ccc(F)cc1)c1ccccc1OC(F)F. The van der Waals surface area contributed by atoms with Gasteiger partial charge in [-0.2, -0.15) is 8.78 Å². The minimum atomic E-state index is -2.95. The zero-order valence-corrected chi connectivity index (χ0v) is 11.0. The second-order valence-corrected chi connectivity index (χ2v) is 4.30. The maximum Gasteiger partial charge on any atom is 0.387 e. The van der Waals surface area contributed by atoms with Crippen LogP contribution in [0.4, 0.5) is 18.9 Å². The molecule has 0 aromatic heterocycles. The van der Waals surface area contributed by atoms with Crippen LogP contribution in [0.3, 0.4) is 0 Å². The van der Waals surface area contributed by atoms with Crippen LogP contribution in [0.2, 0.25) is 0 Å². The lowest BCUT2D eigenvalue weighted by Crippen LogP contribution is -2.17. The van der Waals surface area contributed by atoms with E-state index in [2.05, 4.69) is 10.1 Å². The summed E-state index contributed by atoms with van der Waals surface area (Å²) in [5.74, 6) is -0.399. The molecule has 3 nitrogen and oxygen atoms in total. The third-order valence-electron chi connectivity index (χ3n) is 2.88. The smallest absolute Gasteiger partial charge is 0.387 e. The standard InChI is InChI=1S/C15H14F3NO2/c16-10-5-7-11(8-6-10)19-13(9-20)12-3-1-2-4-14(12)21-15(17)18/h1-8,13,15,19-20H,9H2. The van der Waals surface area contributed by atoms with E-state index >= 15 is 0 Å². The van der Waals surface area contributed by atoms with Crippen molar-refractivity contribution in [3.63, 3.8) is 0 Å². The van der Waals surface area contributed by atoms with Crippen molar-refractivity contribution in [2.45, 2.75) is 12.7 Å². The van der Waals surface area contributed by atoms with Gasteiger partial charge in [-0.25, -0.2) is 4.39 Å². The fraction of sp³-hybridized carbons (Fsp3) is 0.200. The Hall–Kier alpha value is -2.21. The van der Waals surface area contributed by atoms with Crippen LogP contribution in [0, 0.1) is 5.82 Å². The summed E-state index contributed by atoms with van der Waals surface area (Å²) in [7, 11) is 0. The number of benzene rings is 2. The van der Waals surface area contributed by atoms with Gasteiger partial charge in [0.2, 0.25) is 0 Å². The molecule has 112 valence electrons. The van der Waals surface area contributed by atoms with E-state index < -0.39 is 12.7 Å². The zero-order chi connectivity index (χ0) is 15.2. The van der Waals surface area contributed by atoms with Gasteiger partial charge in [-0.05, 0) is 30.3 Å². The fourth-order valence-corrected chi connectivity index (χ4v) is 1.94. The van der Waals surface area contributed by atoms with Gasteiger partial charge in [-0.3, -0.25) is 0 Å². The highest BCUT2D eigenvalue weighted by Crippen LogP contribution is 2.29. The summed E-state index contributed by atoms with van der Waals surface area (Å²) >= 11 is 0. The highest BCUT2D eigenvalue weighted by Gasteiger charge is 2.17. The van der Waals surface area contributed by atoms with Crippen molar-refractivity contribution in [2.24, 2.45) is 0 Å². The van der Waals surface area contributed by atoms with Crippen LogP contribution in [0.25, 0.3) is 0 Å². The predicted octanol–water partition coefficient (Wildman–Crippen LogP) is 3.57. The normalized spacial score (nSPS) is 12.2. The van der Waals surface area contributed by atoms with Gasteiger partial charge in [0.05, 0.1) is 12.6 Å². The molecule has 6 heteroatoms. The number of ether oxygens (including phenoxy) is 1. The number of halogens is 3. The number of hydrogen-bond donors (Lipinski definition) is 2. The van der Waals surface area contributed by atoms with Crippen LogP contribution in [-0.2, 0) is 0 Å². The molecule has 0 aliphatic carbocycles. The van der Waals surface area contributed by atoms with Crippen molar-refractivity contribution in [2.75, 3.05) is 11.9 Å². The second kappa shape index (κ2) is 6.99. The first-order valence-electron chi connectivity index (χ1n) is 6.27. The zero-order valence-electron chi connectivity index (χ0n) is 11.0. The van der Waals surface area contributed by atoms with Crippen molar-refractivity contribution in [3.05, 3.63) is 59.9 Å². The number of rotatable bonds is 6. The second-order valence-electron chi connectivity index (χ2n) is 4.30. The molecule has 2 N–H and O–H groups in total. The summed E-state index contributed by atoms with van der Waals surface area (Å²) in [5, 5.41) is 12.4. The summed E-state index contributed by atoms with van der Waals surface area (Å²) in [6.45, 7) is -3.28. The molecule has 0 saturated heterocycles. The largest absolute Gasteiger partial charge is 0.434 e. The number of aliphatic hydroxyl groups is 1. The molecule has 0 saturated carbocycles. The van der Waals surface area contributed by atoms with Gasteiger partial charge in [0, 0.05) is 11.3 Å². The highest BCUT2D eigenvalue weighted by atomic mass is 19.3. The lowest BCUT2D eigenvalue weighted by molar-refractivity contribution is -0.0507. The molecule has 0 radical (unpaired) electrons. The lowest BCUT2D eigenvalue weighted by Gasteiger charge is -2.20. The van der Waals surface area contributed by atoms with E-state index in [-0.39, 0.29) is 18.2 Å². The van der Waals surface area contributed by atoms with E-state index in [4.69, 9.17) is 0 Å². The molecule has 0 fully saturated rings. The minimum absolute atomic E-state index is 0.0128. The Morgan fingerprint density at radius 3 is 2.33 bits per heavy atom. The minimum Gasteiger partial charge on any atom is -0.434 e. The molecule has 1 unspecified atom stereocenters. The number of anilines is 1. The Labute approximate surface area is 120 Å². The van der Waals surface area contributed by atoms with Crippen molar-refractivity contribution >= 4 is 5.69 Å². The fourth-order valence-electron chi connectivity index (χ4n) is 1.94. The first-order valence-corrected chi connectivity index (χ1v) is 6.27. The maximum absolute atomic E-state index is 12.9. The van der Waals surface area contributed by atoms with Crippen LogP contribution >= 0.6 is 0 Å². The summed E-state index contributed by atoms with van der Waals surface area (Å²) in [4.78, 5) is 0. The molecule has 0 heterocycles. The van der Waals surface area contributed by atoms with Crippen LogP contribution < -0.4 is 10.1 Å². The van der Waals surface area contributed by atoms with Gasteiger partial charge >= 0.3 is 6.61 Å². The maximum atomic E-state index is 12.9. The first-order chi connectivity index (χ1) is 10.1. The van der Waals surface area contributed by atoms with Crippen LogP contribution in [0.15, 0.2) is 48.5 Å². The van der Waals surface area contributed by atoms with Crippen molar-refractivity contribution in [1.82, 2.24) is 0 Å². The molecule has 0 aliphatic heterocycles. The molecular weight excluding hydrogens is 283 g/mol.